The van der Waals surface area contributed by atoms with Gasteiger partial charge in [0.25, 0.3) is 0 Å². The van der Waals surface area contributed by atoms with Crippen molar-refractivity contribution in [1.82, 2.24) is 4.90 Å². The SMILES string of the molecule is CCN(CC(=O)c1ccc(C)cc1OC)CC(C)(C)O. The Hall–Kier alpha value is -1.39. The van der Waals surface area contributed by atoms with Gasteiger partial charge in [0.1, 0.15) is 5.75 Å². The third-order valence-electron chi connectivity index (χ3n) is 3.08. The molecule has 0 heterocycles. The van der Waals surface area contributed by atoms with Crippen molar-refractivity contribution < 1.29 is 14.6 Å². The second kappa shape index (κ2) is 6.86. The van der Waals surface area contributed by atoms with E-state index in [1.54, 1.807) is 27.0 Å². The van der Waals surface area contributed by atoms with E-state index in [9.17, 15) is 9.90 Å². The zero-order valence-corrected chi connectivity index (χ0v) is 13.1. The zero-order chi connectivity index (χ0) is 15.3. The first-order valence-electron chi connectivity index (χ1n) is 6.89. The van der Waals surface area contributed by atoms with E-state index in [1.165, 1.54) is 0 Å². The highest BCUT2D eigenvalue weighted by Crippen LogP contribution is 2.21. The molecule has 4 heteroatoms. The summed E-state index contributed by atoms with van der Waals surface area (Å²) >= 11 is 0. The highest BCUT2D eigenvalue weighted by atomic mass is 16.5. The predicted molar refractivity (Wildman–Crippen MR) is 80.5 cm³/mol. The topological polar surface area (TPSA) is 49.8 Å². The van der Waals surface area contributed by atoms with E-state index in [-0.39, 0.29) is 12.3 Å². The Morgan fingerprint density at radius 3 is 2.55 bits per heavy atom. The van der Waals surface area contributed by atoms with Crippen LogP contribution in [-0.2, 0) is 0 Å². The van der Waals surface area contributed by atoms with Crippen LogP contribution in [-0.4, -0.2) is 48.1 Å². The zero-order valence-electron chi connectivity index (χ0n) is 13.1. The Morgan fingerprint density at radius 1 is 1.40 bits per heavy atom. The summed E-state index contributed by atoms with van der Waals surface area (Å²) in [4.78, 5) is 14.3. The number of ether oxygens (including phenoxy) is 1. The normalized spacial score (nSPS) is 11.8. The molecule has 0 saturated heterocycles. The fraction of sp³-hybridized carbons (Fsp3) is 0.562. The van der Waals surface area contributed by atoms with Crippen LogP contribution in [0.25, 0.3) is 0 Å². The average molecular weight is 279 g/mol. The van der Waals surface area contributed by atoms with Crippen molar-refractivity contribution in [2.45, 2.75) is 33.3 Å². The van der Waals surface area contributed by atoms with Crippen molar-refractivity contribution in [2.75, 3.05) is 26.7 Å². The maximum absolute atomic E-state index is 12.4. The molecule has 0 aliphatic carbocycles. The second-order valence-electron chi connectivity index (χ2n) is 5.74. The number of aryl methyl sites for hydroxylation is 1. The number of rotatable bonds is 7. The molecule has 0 saturated carbocycles. The van der Waals surface area contributed by atoms with Crippen LogP contribution >= 0.6 is 0 Å². The first-order chi connectivity index (χ1) is 9.26. The van der Waals surface area contributed by atoms with Crippen LogP contribution in [0.1, 0.15) is 36.7 Å². The van der Waals surface area contributed by atoms with E-state index < -0.39 is 5.60 Å². The monoisotopic (exact) mass is 279 g/mol. The van der Waals surface area contributed by atoms with Crippen molar-refractivity contribution in [2.24, 2.45) is 0 Å². The first kappa shape index (κ1) is 16.7. The molecule has 20 heavy (non-hydrogen) atoms. The molecule has 0 spiro atoms. The van der Waals surface area contributed by atoms with Gasteiger partial charge in [0.05, 0.1) is 24.8 Å². The molecule has 0 aliphatic heterocycles. The summed E-state index contributed by atoms with van der Waals surface area (Å²) in [5.74, 6) is 0.613. The molecule has 0 atom stereocenters. The number of carbonyl (C=O) groups excluding carboxylic acids is 1. The molecule has 0 amide bonds. The second-order valence-corrected chi connectivity index (χ2v) is 5.74. The van der Waals surface area contributed by atoms with E-state index in [1.807, 2.05) is 30.9 Å². The molecule has 1 rings (SSSR count). The van der Waals surface area contributed by atoms with Crippen LogP contribution in [0.2, 0.25) is 0 Å². The maximum atomic E-state index is 12.4. The smallest absolute Gasteiger partial charge is 0.180 e. The fourth-order valence-electron chi connectivity index (χ4n) is 2.14. The van der Waals surface area contributed by atoms with Crippen LogP contribution in [0.15, 0.2) is 18.2 Å². The minimum atomic E-state index is -0.812. The minimum Gasteiger partial charge on any atom is -0.496 e. The Labute approximate surface area is 121 Å². The lowest BCUT2D eigenvalue weighted by atomic mass is 10.1. The van der Waals surface area contributed by atoms with Crippen molar-refractivity contribution >= 4 is 5.78 Å². The number of benzene rings is 1. The third kappa shape index (κ3) is 4.94. The van der Waals surface area contributed by atoms with Gasteiger partial charge in [-0.05, 0) is 45.0 Å². The fourth-order valence-corrected chi connectivity index (χ4v) is 2.14. The van der Waals surface area contributed by atoms with Gasteiger partial charge in [-0.25, -0.2) is 0 Å². The highest BCUT2D eigenvalue weighted by molar-refractivity contribution is 6.00. The maximum Gasteiger partial charge on any atom is 0.180 e. The number of methoxy groups -OCH3 is 1. The molecular formula is C16H25NO3. The van der Waals surface area contributed by atoms with E-state index in [4.69, 9.17) is 4.74 Å². The molecule has 0 fully saturated rings. The molecular weight excluding hydrogens is 254 g/mol. The summed E-state index contributed by atoms with van der Waals surface area (Å²) in [6, 6.07) is 5.57. The van der Waals surface area contributed by atoms with Gasteiger partial charge in [-0.3, -0.25) is 9.69 Å². The number of hydrogen-bond donors (Lipinski definition) is 1. The van der Waals surface area contributed by atoms with Gasteiger partial charge in [0.2, 0.25) is 0 Å². The minimum absolute atomic E-state index is 0.00736. The van der Waals surface area contributed by atoms with Crippen LogP contribution < -0.4 is 4.74 Å². The summed E-state index contributed by atoms with van der Waals surface area (Å²) in [5, 5.41) is 9.86. The molecule has 1 aromatic rings. The lowest BCUT2D eigenvalue weighted by molar-refractivity contribution is 0.0375. The number of nitrogens with zero attached hydrogens (tertiary/aromatic N) is 1. The Kier molecular flexibility index (Phi) is 5.72. The first-order valence-corrected chi connectivity index (χ1v) is 6.89. The van der Waals surface area contributed by atoms with Crippen LogP contribution in [0, 0.1) is 6.92 Å². The Balaban J connectivity index is 2.84. The standard InChI is InChI=1S/C16H25NO3/c1-6-17(11-16(3,4)19)10-14(18)13-8-7-12(2)9-15(13)20-5/h7-9,19H,6,10-11H2,1-5H3. The number of ketones is 1. The molecule has 0 aromatic heterocycles. The molecule has 0 aliphatic rings. The van der Waals surface area contributed by atoms with Gasteiger partial charge in [0, 0.05) is 6.54 Å². The summed E-state index contributed by atoms with van der Waals surface area (Å²) in [6.45, 7) is 8.88. The van der Waals surface area contributed by atoms with Gasteiger partial charge in [0.15, 0.2) is 5.78 Å². The lowest BCUT2D eigenvalue weighted by Gasteiger charge is -2.27. The quantitative estimate of drug-likeness (QED) is 0.778. The van der Waals surface area contributed by atoms with Gasteiger partial charge in [-0.15, -0.1) is 0 Å². The molecule has 0 radical (unpaired) electrons. The molecule has 1 aromatic carbocycles. The molecule has 0 bridgehead atoms. The number of Topliss-reactive ketones (excluding diaryl/α,β-unsaturated/α-hetero) is 1. The van der Waals surface area contributed by atoms with Gasteiger partial charge < -0.3 is 9.84 Å². The van der Waals surface area contributed by atoms with Crippen molar-refractivity contribution in [3.05, 3.63) is 29.3 Å². The van der Waals surface area contributed by atoms with Gasteiger partial charge in [-0.2, -0.15) is 0 Å². The number of hydrogen-bond acceptors (Lipinski definition) is 4. The van der Waals surface area contributed by atoms with Crippen molar-refractivity contribution in [1.29, 1.82) is 0 Å². The van der Waals surface area contributed by atoms with Crippen molar-refractivity contribution in [3.63, 3.8) is 0 Å². The largest absolute Gasteiger partial charge is 0.496 e. The van der Waals surface area contributed by atoms with Crippen LogP contribution in [0.3, 0.4) is 0 Å². The third-order valence-corrected chi connectivity index (χ3v) is 3.08. The van der Waals surface area contributed by atoms with E-state index in [0.717, 1.165) is 5.56 Å². The number of likely N-dealkylation sites (N-methyl/N-ethyl adjacent to an activating group) is 1. The van der Waals surface area contributed by atoms with Crippen molar-refractivity contribution in [3.8, 4) is 5.75 Å². The van der Waals surface area contributed by atoms with Crippen LogP contribution in [0.4, 0.5) is 0 Å². The summed E-state index contributed by atoms with van der Waals surface area (Å²) in [5.41, 5.74) is 0.836. The molecule has 1 N–H and O–H groups in total. The molecule has 0 unspecified atom stereocenters. The number of carbonyl (C=O) groups is 1. The Bertz CT molecular complexity index is 463. The lowest BCUT2D eigenvalue weighted by Crippen LogP contribution is -2.41. The molecule has 4 nitrogen and oxygen atoms in total. The number of aliphatic hydroxyl groups is 1. The van der Waals surface area contributed by atoms with E-state index >= 15 is 0 Å². The summed E-state index contributed by atoms with van der Waals surface area (Å²) < 4.78 is 5.27. The average Bonchev–Trinajstić information content (AvgIpc) is 2.35. The van der Waals surface area contributed by atoms with Gasteiger partial charge in [-0.1, -0.05) is 13.0 Å². The highest BCUT2D eigenvalue weighted by Gasteiger charge is 2.21. The van der Waals surface area contributed by atoms with E-state index in [2.05, 4.69) is 0 Å². The van der Waals surface area contributed by atoms with E-state index in [0.29, 0.717) is 24.4 Å². The Morgan fingerprint density at radius 2 is 2.05 bits per heavy atom. The molecule has 112 valence electrons. The summed E-state index contributed by atoms with van der Waals surface area (Å²) in [6.07, 6.45) is 0. The van der Waals surface area contributed by atoms with Gasteiger partial charge >= 0.3 is 0 Å². The predicted octanol–water partition coefficient (Wildman–Crippen LogP) is 2.28. The van der Waals surface area contributed by atoms with Crippen LogP contribution in [0.5, 0.6) is 5.75 Å². The summed E-state index contributed by atoms with van der Waals surface area (Å²) in [7, 11) is 1.57.